The highest BCUT2D eigenvalue weighted by Gasteiger charge is 2.26. The molecule has 0 unspecified atom stereocenters. The molecule has 124 valence electrons. The summed E-state index contributed by atoms with van der Waals surface area (Å²) in [4.78, 5) is 16.3. The minimum absolute atomic E-state index is 0.0428. The molecular formula is C16H19N7O. The maximum absolute atomic E-state index is 11.5. The van der Waals surface area contributed by atoms with Crippen LogP contribution in [0.25, 0.3) is 16.8 Å². The van der Waals surface area contributed by atoms with Crippen LogP contribution in [0.1, 0.15) is 31.4 Å². The third-order valence-corrected chi connectivity index (χ3v) is 4.65. The van der Waals surface area contributed by atoms with Gasteiger partial charge in [-0.25, -0.2) is 4.98 Å². The highest BCUT2D eigenvalue weighted by molar-refractivity contribution is 5.81. The van der Waals surface area contributed by atoms with E-state index in [2.05, 4.69) is 20.6 Å². The van der Waals surface area contributed by atoms with E-state index in [1.165, 1.54) is 0 Å². The van der Waals surface area contributed by atoms with Gasteiger partial charge >= 0.3 is 0 Å². The molecule has 4 rings (SSSR count). The summed E-state index contributed by atoms with van der Waals surface area (Å²) < 4.78 is 1.64. The molecule has 8 heteroatoms. The van der Waals surface area contributed by atoms with E-state index in [1.807, 2.05) is 6.07 Å². The van der Waals surface area contributed by atoms with Gasteiger partial charge in [-0.15, -0.1) is 0 Å². The second-order valence-corrected chi connectivity index (χ2v) is 6.23. The SMILES string of the molecule is CC(=O)[C@@H]1CC[C@H](c2cc(N)n3ncc(-c4cn[nH]c4)c3n2)CN1. The Morgan fingerprint density at radius 1 is 1.38 bits per heavy atom. The van der Waals surface area contributed by atoms with Gasteiger partial charge in [0.15, 0.2) is 5.65 Å². The number of fused-ring (bicyclic) bond motifs is 1. The second-order valence-electron chi connectivity index (χ2n) is 6.23. The molecule has 4 N–H and O–H groups in total. The largest absolute Gasteiger partial charge is 0.384 e. The van der Waals surface area contributed by atoms with Gasteiger partial charge in [-0.05, 0) is 19.8 Å². The number of hydrogen-bond acceptors (Lipinski definition) is 6. The van der Waals surface area contributed by atoms with Gasteiger partial charge in [0.2, 0.25) is 0 Å². The number of carbonyl (C=O) groups excluding carboxylic acids is 1. The molecule has 4 heterocycles. The van der Waals surface area contributed by atoms with E-state index in [0.29, 0.717) is 5.82 Å². The number of nitrogens with two attached hydrogens (primary N) is 1. The van der Waals surface area contributed by atoms with E-state index in [0.717, 1.165) is 41.9 Å². The van der Waals surface area contributed by atoms with Crippen LogP contribution in [0.3, 0.4) is 0 Å². The predicted molar refractivity (Wildman–Crippen MR) is 89.4 cm³/mol. The van der Waals surface area contributed by atoms with Crippen LogP contribution in [-0.4, -0.2) is 43.2 Å². The summed E-state index contributed by atoms with van der Waals surface area (Å²) in [6.07, 6.45) is 7.02. The van der Waals surface area contributed by atoms with Gasteiger partial charge in [-0.1, -0.05) is 0 Å². The van der Waals surface area contributed by atoms with E-state index >= 15 is 0 Å². The first kappa shape index (κ1) is 14.8. The van der Waals surface area contributed by atoms with E-state index in [9.17, 15) is 4.79 Å². The van der Waals surface area contributed by atoms with Crippen molar-refractivity contribution in [2.45, 2.75) is 31.7 Å². The van der Waals surface area contributed by atoms with Crippen LogP contribution in [0, 0.1) is 0 Å². The number of aromatic nitrogens is 5. The number of anilines is 1. The molecule has 0 radical (unpaired) electrons. The van der Waals surface area contributed by atoms with Gasteiger partial charge in [0, 0.05) is 35.9 Å². The van der Waals surface area contributed by atoms with Crippen LogP contribution in [-0.2, 0) is 4.79 Å². The molecule has 24 heavy (non-hydrogen) atoms. The van der Waals surface area contributed by atoms with Gasteiger partial charge in [0.05, 0.1) is 24.1 Å². The number of H-pyrrole nitrogens is 1. The zero-order chi connectivity index (χ0) is 16.7. The number of piperidine rings is 1. The summed E-state index contributed by atoms with van der Waals surface area (Å²) in [6.45, 7) is 2.35. The van der Waals surface area contributed by atoms with Crippen molar-refractivity contribution in [1.82, 2.24) is 30.1 Å². The lowest BCUT2D eigenvalue weighted by Crippen LogP contribution is -2.42. The van der Waals surface area contributed by atoms with Crippen molar-refractivity contribution >= 4 is 17.2 Å². The topological polar surface area (TPSA) is 114 Å². The smallest absolute Gasteiger partial charge is 0.165 e. The maximum atomic E-state index is 11.5. The zero-order valence-corrected chi connectivity index (χ0v) is 13.4. The number of nitrogens with one attached hydrogen (secondary N) is 2. The first-order valence-electron chi connectivity index (χ1n) is 8.00. The highest BCUT2D eigenvalue weighted by Crippen LogP contribution is 2.29. The van der Waals surface area contributed by atoms with Gasteiger partial charge in [-0.2, -0.15) is 14.7 Å². The molecule has 0 bridgehead atoms. The van der Waals surface area contributed by atoms with E-state index in [-0.39, 0.29) is 17.7 Å². The molecule has 1 fully saturated rings. The Kier molecular flexibility index (Phi) is 3.53. The lowest BCUT2D eigenvalue weighted by molar-refractivity contribution is -0.119. The Bertz CT molecular complexity index is 875. The van der Waals surface area contributed by atoms with Crippen molar-refractivity contribution in [3.63, 3.8) is 0 Å². The minimum atomic E-state index is -0.0428. The monoisotopic (exact) mass is 325 g/mol. The molecule has 1 aliphatic heterocycles. The quantitative estimate of drug-likeness (QED) is 0.665. The van der Waals surface area contributed by atoms with Crippen LogP contribution < -0.4 is 11.1 Å². The molecule has 3 aromatic heterocycles. The first-order chi connectivity index (χ1) is 11.6. The highest BCUT2D eigenvalue weighted by atomic mass is 16.1. The maximum Gasteiger partial charge on any atom is 0.165 e. The number of carbonyl (C=O) groups is 1. The Balaban J connectivity index is 1.70. The van der Waals surface area contributed by atoms with Crippen molar-refractivity contribution in [3.8, 4) is 11.1 Å². The molecule has 0 saturated carbocycles. The van der Waals surface area contributed by atoms with Crippen LogP contribution in [0.5, 0.6) is 0 Å². The number of nitrogen functional groups attached to an aromatic ring is 1. The number of Topliss-reactive ketones (excluding diaryl/α,β-unsaturated/α-hetero) is 1. The Morgan fingerprint density at radius 2 is 2.25 bits per heavy atom. The summed E-state index contributed by atoms with van der Waals surface area (Å²) in [6, 6.07) is 1.83. The molecule has 2 atom stereocenters. The number of nitrogens with zero attached hydrogens (tertiary/aromatic N) is 4. The van der Waals surface area contributed by atoms with Crippen molar-refractivity contribution in [2.24, 2.45) is 0 Å². The van der Waals surface area contributed by atoms with Gasteiger partial charge in [0.1, 0.15) is 11.6 Å². The lowest BCUT2D eigenvalue weighted by Gasteiger charge is -2.28. The third-order valence-electron chi connectivity index (χ3n) is 4.65. The fraction of sp³-hybridized carbons (Fsp3) is 0.375. The molecule has 0 aromatic carbocycles. The standard InChI is InChI=1S/C16H19N7O/c1-9(24)13-3-2-10(5-18-13)14-4-15(17)23-16(22-14)12(8-21-23)11-6-19-20-7-11/h4,6-8,10,13,18H,2-3,5,17H2,1H3,(H,19,20)/t10-,13-/m0/s1. The molecule has 3 aromatic rings. The normalized spacial score (nSPS) is 21.2. The minimum Gasteiger partial charge on any atom is -0.384 e. The summed E-state index contributed by atoms with van der Waals surface area (Å²) >= 11 is 0. The molecule has 0 spiro atoms. The van der Waals surface area contributed by atoms with Crippen LogP contribution in [0.15, 0.2) is 24.7 Å². The summed E-state index contributed by atoms with van der Waals surface area (Å²) in [7, 11) is 0. The fourth-order valence-electron chi connectivity index (χ4n) is 3.27. The average molecular weight is 325 g/mol. The van der Waals surface area contributed by atoms with E-state index in [1.54, 1.807) is 30.0 Å². The predicted octanol–water partition coefficient (Wildman–Crippen LogP) is 1.13. The van der Waals surface area contributed by atoms with Crippen LogP contribution in [0.2, 0.25) is 0 Å². The molecular weight excluding hydrogens is 306 g/mol. The van der Waals surface area contributed by atoms with Gasteiger partial charge in [0.25, 0.3) is 0 Å². The van der Waals surface area contributed by atoms with Crippen LogP contribution >= 0.6 is 0 Å². The Labute approximate surface area is 138 Å². The number of aromatic amines is 1. The Morgan fingerprint density at radius 3 is 2.92 bits per heavy atom. The number of hydrogen-bond donors (Lipinski definition) is 3. The van der Waals surface area contributed by atoms with Gasteiger partial charge in [-0.3, -0.25) is 9.89 Å². The third kappa shape index (κ3) is 2.44. The second kappa shape index (κ2) is 5.72. The molecule has 8 nitrogen and oxygen atoms in total. The first-order valence-corrected chi connectivity index (χ1v) is 8.00. The van der Waals surface area contributed by atoms with E-state index in [4.69, 9.17) is 10.7 Å². The van der Waals surface area contributed by atoms with Crippen molar-refractivity contribution < 1.29 is 4.79 Å². The lowest BCUT2D eigenvalue weighted by atomic mass is 9.90. The number of ketones is 1. The summed E-state index contributed by atoms with van der Waals surface area (Å²) in [5, 5.41) is 14.4. The van der Waals surface area contributed by atoms with Crippen molar-refractivity contribution in [1.29, 1.82) is 0 Å². The van der Waals surface area contributed by atoms with E-state index < -0.39 is 0 Å². The van der Waals surface area contributed by atoms with Gasteiger partial charge < -0.3 is 11.1 Å². The van der Waals surface area contributed by atoms with Crippen molar-refractivity contribution in [2.75, 3.05) is 12.3 Å². The summed E-state index contributed by atoms with van der Waals surface area (Å²) in [5.41, 5.74) is 9.64. The molecule has 0 amide bonds. The van der Waals surface area contributed by atoms with Crippen molar-refractivity contribution in [3.05, 3.63) is 30.4 Å². The molecule has 1 aliphatic rings. The molecule has 1 saturated heterocycles. The zero-order valence-electron chi connectivity index (χ0n) is 13.4. The molecule has 0 aliphatic carbocycles. The summed E-state index contributed by atoms with van der Waals surface area (Å²) in [5.74, 6) is 0.979. The average Bonchev–Trinajstić information content (AvgIpc) is 3.24. The number of rotatable bonds is 3. The van der Waals surface area contributed by atoms with Crippen LogP contribution in [0.4, 0.5) is 5.82 Å². The fourth-order valence-corrected chi connectivity index (χ4v) is 3.27. The Hall–Kier alpha value is -2.74.